The Morgan fingerprint density at radius 3 is 2.70 bits per heavy atom. The molecule has 2 aromatic rings. The first kappa shape index (κ1) is 15.7. The highest BCUT2D eigenvalue weighted by molar-refractivity contribution is 7.87. The fourth-order valence-corrected chi connectivity index (χ4v) is 4.07. The maximum absolute atomic E-state index is 12.6. The number of urea groups is 1. The number of benzene rings is 1. The average molecular weight is 335 g/mol. The molecule has 3 rings (SSSR count). The Labute approximate surface area is 134 Å². The Hall–Kier alpha value is -2.19. The number of nitrogens with two attached hydrogens (primary N) is 1. The second-order valence-electron chi connectivity index (χ2n) is 5.43. The SMILES string of the molecule is NC(=O)N1CCC(OS(=O)(=O)c2cccc3cnccc23)CC1. The second-order valence-corrected chi connectivity index (χ2v) is 6.97. The van der Waals surface area contributed by atoms with Crippen LogP contribution in [0.1, 0.15) is 12.8 Å². The molecule has 0 spiro atoms. The molecule has 122 valence electrons. The molecule has 2 amide bonds. The summed E-state index contributed by atoms with van der Waals surface area (Å²) in [5.41, 5.74) is 5.22. The van der Waals surface area contributed by atoms with Gasteiger partial charge in [0.15, 0.2) is 0 Å². The molecule has 0 saturated carbocycles. The van der Waals surface area contributed by atoms with Crippen molar-refractivity contribution in [3.05, 3.63) is 36.7 Å². The van der Waals surface area contributed by atoms with Gasteiger partial charge in [0.05, 0.1) is 6.10 Å². The summed E-state index contributed by atoms with van der Waals surface area (Å²) in [7, 11) is -3.89. The maximum Gasteiger partial charge on any atom is 0.314 e. The minimum Gasteiger partial charge on any atom is -0.351 e. The number of nitrogens with zero attached hydrogens (tertiary/aromatic N) is 2. The Morgan fingerprint density at radius 1 is 1.26 bits per heavy atom. The largest absolute Gasteiger partial charge is 0.351 e. The van der Waals surface area contributed by atoms with Crippen LogP contribution in [0.2, 0.25) is 0 Å². The zero-order chi connectivity index (χ0) is 16.4. The third kappa shape index (κ3) is 3.27. The van der Waals surface area contributed by atoms with Gasteiger partial charge in [-0.05, 0) is 25.0 Å². The lowest BCUT2D eigenvalue weighted by Gasteiger charge is -2.30. The van der Waals surface area contributed by atoms with Gasteiger partial charge in [0.25, 0.3) is 10.1 Å². The lowest BCUT2D eigenvalue weighted by Crippen LogP contribution is -2.43. The van der Waals surface area contributed by atoms with Gasteiger partial charge in [-0.1, -0.05) is 12.1 Å². The van der Waals surface area contributed by atoms with Crippen LogP contribution in [0.25, 0.3) is 10.8 Å². The molecule has 23 heavy (non-hydrogen) atoms. The van der Waals surface area contributed by atoms with E-state index in [1.807, 2.05) is 0 Å². The Bertz CT molecular complexity index is 824. The normalized spacial score (nSPS) is 16.6. The van der Waals surface area contributed by atoms with E-state index in [0.717, 1.165) is 5.39 Å². The van der Waals surface area contributed by atoms with Gasteiger partial charge >= 0.3 is 6.03 Å². The highest BCUT2D eigenvalue weighted by Gasteiger charge is 2.28. The van der Waals surface area contributed by atoms with Gasteiger partial charge in [-0.25, -0.2) is 4.79 Å². The van der Waals surface area contributed by atoms with Crippen molar-refractivity contribution in [3.8, 4) is 0 Å². The van der Waals surface area contributed by atoms with Crippen LogP contribution in [0, 0.1) is 0 Å². The Morgan fingerprint density at radius 2 is 2.00 bits per heavy atom. The van der Waals surface area contributed by atoms with E-state index in [2.05, 4.69) is 4.98 Å². The number of pyridine rings is 1. The summed E-state index contributed by atoms with van der Waals surface area (Å²) in [6, 6.07) is 6.15. The van der Waals surface area contributed by atoms with Gasteiger partial charge in [-0.15, -0.1) is 0 Å². The molecule has 1 saturated heterocycles. The van der Waals surface area contributed by atoms with Crippen LogP contribution in [-0.4, -0.2) is 43.5 Å². The molecule has 2 heterocycles. The van der Waals surface area contributed by atoms with Crippen molar-refractivity contribution in [1.29, 1.82) is 0 Å². The van der Waals surface area contributed by atoms with Crippen molar-refractivity contribution in [3.63, 3.8) is 0 Å². The summed E-state index contributed by atoms with van der Waals surface area (Å²) < 4.78 is 30.5. The highest BCUT2D eigenvalue weighted by atomic mass is 32.2. The number of aromatic nitrogens is 1. The number of fused-ring (bicyclic) bond motifs is 1. The number of primary amides is 1. The van der Waals surface area contributed by atoms with Gasteiger partial charge in [0.1, 0.15) is 4.90 Å². The van der Waals surface area contributed by atoms with Crippen molar-refractivity contribution in [2.75, 3.05) is 13.1 Å². The number of carbonyl (C=O) groups excluding carboxylic acids is 1. The lowest BCUT2D eigenvalue weighted by atomic mass is 10.1. The van der Waals surface area contributed by atoms with Crippen molar-refractivity contribution in [2.45, 2.75) is 23.8 Å². The monoisotopic (exact) mass is 335 g/mol. The smallest absolute Gasteiger partial charge is 0.314 e. The Balaban J connectivity index is 1.81. The van der Waals surface area contributed by atoms with Crippen molar-refractivity contribution >= 4 is 26.9 Å². The van der Waals surface area contributed by atoms with E-state index >= 15 is 0 Å². The summed E-state index contributed by atoms with van der Waals surface area (Å²) in [4.78, 5) is 16.7. The topological polar surface area (TPSA) is 103 Å². The first-order chi connectivity index (χ1) is 11.0. The van der Waals surface area contributed by atoms with Crippen LogP contribution in [0.5, 0.6) is 0 Å². The number of likely N-dealkylation sites (tertiary alicyclic amines) is 1. The zero-order valence-electron chi connectivity index (χ0n) is 12.4. The molecule has 1 aliphatic rings. The molecule has 2 N–H and O–H groups in total. The molecule has 1 aromatic heterocycles. The van der Waals surface area contributed by atoms with Crippen molar-refractivity contribution in [1.82, 2.24) is 9.88 Å². The van der Waals surface area contributed by atoms with Gasteiger partial charge in [0, 0.05) is 36.3 Å². The number of amides is 2. The van der Waals surface area contributed by atoms with Crippen molar-refractivity contribution < 1.29 is 17.4 Å². The molecule has 1 aliphatic heterocycles. The van der Waals surface area contributed by atoms with Crippen molar-refractivity contribution in [2.24, 2.45) is 5.73 Å². The van der Waals surface area contributed by atoms with E-state index < -0.39 is 22.3 Å². The number of piperidine rings is 1. The number of carbonyl (C=O) groups is 1. The fourth-order valence-electron chi connectivity index (χ4n) is 2.71. The molecular weight excluding hydrogens is 318 g/mol. The third-order valence-electron chi connectivity index (χ3n) is 3.93. The number of hydrogen-bond donors (Lipinski definition) is 1. The first-order valence-corrected chi connectivity index (χ1v) is 8.68. The van der Waals surface area contributed by atoms with Gasteiger partial charge in [0.2, 0.25) is 0 Å². The van der Waals surface area contributed by atoms with E-state index in [0.29, 0.717) is 31.3 Å². The zero-order valence-corrected chi connectivity index (χ0v) is 13.2. The predicted octanol–water partition coefficient (Wildman–Crippen LogP) is 1.48. The third-order valence-corrected chi connectivity index (χ3v) is 5.35. The summed E-state index contributed by atoms with van der Waals surface area (Å²) >= 11 is 0. The van der Waals surface area contributed by atoms with Crippen LogP contribution in [0.4, 0.5) is 4.79 Å². The standard InChI is InChI=1S/C15H17N3O4S/c16-15(19)18-8-5-12(6-9-18)22-23(20,21)14-3-1-2-11-10-17-7-4-13(11)14/h1-4,7,10,12H,5-6,8-9H2,(H2,16,19). The van der Waals surface area contributed by atoms with E-state index in [-0.39, 0.29) is 4.90 Å². The van der Waals surface area contributed by atoms with E-state index in [9.17, 15) is 13.2 Å². The summed E-state index contributed by atoms with van der Waals surface area (Å²) in [5, 5.41) is 1.32. The van der Waals surface area contributed by atoms with E-state index in [4.69, 9.17) is 9.92 Å². The number of hydrogen-bond acceptors (Lipinski definition) is 5. The molecule has 7 nitrogen and oxygen atoms in total. The molecular formula is C15H17N3O4S. The number of rotatable bonds is 3. The Kier molecular flexibility index (Phi) is 4.18. The quantitative estimate of drug-likeness (QED) is 0.856. The maximum atomic E-state index is 12.6. The summed E-state index contributed by atoms with van der Waals surface area (Å²) in [5.74, 6) is 0. The minimum absolute atomic E-state index is 0.134. The van der Waals surface area contributed by atoms with Crippen LogP contribution in [-0.2, 0) is 14.3 Å². The van der Waals surface area contributed by atoms with Gasteiger partial charge in [-0.3, -0.25) is 9.17 Å². The van der Waals surface area contributed by atoms with E-state index in [1.54, 1.807) is 30.6 Å². The molecule has 1 fully saturated rings. The highest BCUT2D eigenvalue weighted by Crippen LogP contribution is 2.26. The lowest BCUT2D eigenvalue weighted by molar-refractivity contribution is 0.119. The van der Waals surface area contributed by atoms with E-state index in [1.165, 1.54) is 11.0 Å². The minimum atomic E-state index is -3.89. The first-order valence-electron chi connectivity index (χ1n) is 7.28. The molecule has 8 heteroatoms. The van der Waals surface area contributed by atoms with Gasteiger partial charge in [-0.2, -0.15) is 8.42 Å². The summed E-state index contributed by atoms with van der Waals surface area (Å²) in [6.45, 7) is 0.796. The van der Waals surface area contributed by atoms with Gasteiger partial charge < -0.3 is 10.6 Å². The summed E-state index contributed by atoms with van der Waals surface area (Å²) in [6.07, 6.45) is 3.59. The molecule has 0 unspecified atom stereocenters. The second kappa shape index (κ2) is 6.13. The predicted molar refractivity (Wildman–Crippen MR) is 84.2 cm³/mol. The van der Waals surface area contributed by atoms with Crippen LogP contribution in [0.15, 0.2) is 41.6 Å². The molecule has 1 aromatic carbocycles. The molecule has 0 radical (unpaired) electrons. The van der Waals surface area contributed by atoms with Crippen LogP contribution in [0.3, 0.4) is 0 Å². The molecule has 0 aliphatic carbocycles. The molecule has 0 bridgehead atoms. The van der Waals surface area contributed by atoms with Crippen LogP contribution < -0.4 is 5.73 Å². The van der Waals surface area contributed by atoms with Crippen LogP contribution >= 0.6 is 0 Å². The fraction of sp³-hybridized carbons (Fsp3) is 0.333. The molecule has 0 atom stereocenters. The average Bonchev–Trinajstić information content (AvgIpc) is 2.54.